The van der Waals surface area contributed by atoms with E-state index in [1.807, 2.05) is 29.2 Å². The van der Waals surface area contributed by atoms with E-state index in [0.717, 1.165) is 17.4 Å². The van der Waals surface area contributed by atoms with E-state index in [-0.39, 0.29) is 18.7 Å². The first-order chi connectivity index (χ1) is 18.5. The molecule has 4 bridgehead atoms. The average Bonchev–Trinajstić information content (AvgIpc) is 3.46. The van der Waals surface area contributed by atoms with Gasteiger partial charge in [0.1, 0.15) is 27.2 Å². The Kier molecular flexibility index (Phi) is 5.98. The zero-order valence-corrected chi connectivity index (χ0v) is 22.5. The van der Waals surface area contributed by atoms with Crippen molar-refractivity contribution in [3.8, 4) is 17.1 Å². The zero-order chi connectivity index (χ0) is 26.0. The van der Waals surface area contributed by atoms with E-state index in [1.165, 1.54) is 57.0 Å². The number of amides is 1. The van der Waals surface area contributed by atoms with Gasteiger partial charge in [0.2, 0.25) is 0 Å². The summed E-state index contributed by atoms with van der Waals surface area (Å²) in [5, 5.41) is 0.633. The number of furan rings is 1. The van der Waals surface area contributed by atoms with Crippen molar-refractivity contribution >= 4 is 51.3 Å². The average molecular weight is 550 g/mol. The maximum absolute atomic E-state index is 13.6. The predicted molar refractivity (Wildman–Crippen MR) is 149 cm³/mol. The number of carbonyl (C=O) groups excluding carboxylic acids is 1. The molecule has 1 aliphatic heterocycles. The van der Waals surface area contributed by atoms with E-state index < -0.39 is 5.63 Å². The normalized spacial score (nSPS) is 29.2. The van der Waals surface area contributed by atoms with Crippen molar-refractivity contribution in [2.75, 3.05) is 13.9 Å². The van der Waals surface area contributed by atoms with Crippen LogP contribution in [0, 0.1) is 23.7 Å². The van der Waals surface area contributed by atoms with E-state index in [1.54, 1.807) is 12.1 Å². The Morgan fingerprint density at radius 1 is 1.03 bits per heavy atom. The number of rotatable bonds is 6. The minimum absolute atomic E-state index is 0.00927. The van der Waals surface area contributed by atoms with E-state index in [0.29, 0.717) is 49.3 Å². The van der Waals surface area contributed by atoms with E-state index in [9.17, 15) is 9.59 Å². The van der Waals surface area contributed by atoms with Gasteiger partial charge in [0.05, 0.1) is 16.4 Å². The molecule has 4 aliphatic carbocycles. The van der Waals surface area contributed by atoms with Crippen LogP contribution in [-0.4, -0.2) is 35.1 Å². The minimum atomic E-state index is -0.498. The zero-order valence-electron chi connectivity index (χ0n) is 20.9. The summed E-state index contributed by atoms with van der Waals surface area (Å²) >= 11 is 7.11. The fourth-order valence-electron chi connectivity index (χ4n) is 7.30. The van der Waals surface area contributed by atoms with Crippen LogP contribution in [0.5, 0.6) is 5.75 Å². The lowest BCUT2D eigenvalue weighted by Gasteiger charge is -2.56. The second-order valence-electron chi connectivity index (χ2n) is 10.9. The molecule has 7 nitrogen and oxygen atoms in total. The van der Waals surface area contributed by atoms with Gasteiger partial charge in [0.25, 0.3) is 5.91 Å². The number of ether oxygens (including phenoxy) is 2. The summed E-state index contributed by atoms with van der Waals surface area (Å²) in [7, 11) is 1.51. The second kappa shape index (κ2) is 9.39. The van der Waals surface area contributed by atoms with Crippen LogP contribution in [-0.2, 0) is 9.53 Å². The Labute approximate surface area is 229 Å². The smallest absolute Gasteiger partial charge is 0.339 e. The third kappa shape index (κ3) is 4.12. The SMILES string of the molecule is COCOc1cc(=O)oc2ccc(-c3ccc(C=C4SC(=S)N(C5C6CC7CC(C6)CC5C7)C4=O)o3)cc12. The van der Waals surface area contributed by atoms with Crippen LogP contribution in [0.1, 0.15) is 37.9 Å². The molecule has 5 fully saturated rings. The predicted octanol–water partition coefficient (Wildman–Crippen LogP) is 6.06. The fraction of sp³-hybridized carbons (Fsp3) is 0.414. The standard InChI is InChI=1S/C29H27NO6S2/c1-33-14-34-24-13-26(31)36-23-4-2-17(11-21(23)24)22-5-3-20(35-22)12-25-28(32)30(29(37)38-25)27-18-7-15-6-16(9-18)10-19(27)8-15/h2-5,11-13,15-16,18-19,27H,6-10,14H2,1H3. The molecule has 4 saturated carbocycles. The van der Waals surface area contributed by atoms with Crippen molar-refractivity contribution in [2.24, 2.45) is 23.7 Å². The number of methoxy groups -OCH3 is 1. The molecule has 5 aliphatic rings. The van der Waals surface area contributed by atoms with E-state index >= 15 is 0 Å². The number of thioether (sulfide) groups is 1. The van der Waals surface area contributed by atoms with Crippen molar-refractivity contribution < 1.29 is 23.1 Å². The van der Waals surface area contributed by atoms with Crippen LogP contribution >= 0.6 is 24.0 Å². The topological polar surface area (TPSA) is 82.1 Å². The molecule has 2 aromatic heterocycles. The molecule has 1 aromatic carbocycles. The first-order valence-electron chi connectivity index (χ1n) is 13.0. The summed E-state index contributed by atoms with van der Waals surface area (Å²) in [5.41, 5.74) is 0.699. The monoisotopic (exact) mass is 549 g/mol. The second-order valence-corrected chi connectivity index (χ2v) is 12.5. The Morgan fingerprint density at radius 3 is 2.53 bits per heavy atom. The van der Waals surface area contributed by atoms with Gasteiger partial charge >= 0.3 is 5.63 Å². The van der Waals surface area contributed by atoms with Gasteiger partial charge in [-0.1, -0.05) is 24.0 Å². The number of hydrogen-bond donors (Lipinski definition) is 0. The lowest BCUT2D eigenvalue weighted by Crippen LogP contribution is -2.57. The molecule has 0 spiro atoms. The number of hydrogen-bond acceptors (Lipinski definition) is 8. The summed E-state index contributed by atoms with van der Waals surface area (Å²) in [6, 6.07) is 10.6. The van der Waals surface area contributed by atoms with Gasteiger partial charge in [-0.05, 0) is 86.1 Å². The molecule has 38 heavy (non-hydrogen) atoms. The van der Waals surface area contributed by atoms with Crippen LogP contribution < -0.4 is 10.4 Å². The molecular formula is C29H27NO6S2. The van der Waals surface area contributed by atoms with Crippen LogP contribution in [0.3, 0.4) is 0 Å². The summed E-state index contributed by atoms with van der Waals surface area (Å²) in [5.74, 6) is 4.45. The van der Waals surface area contributed by atoms with Gasteiger partial charge in [-0.15, -0.1) is 0 Å². The number of benzene rings is 1. The Hall–Kier alpha value is -2.88. The minimum Gasteiger partial charge on any atom is -0.467 e. The Bertz CT molecular complexity index is 1510. The molecule has 3 aromatic rings. The molecule has 9 heteroatoms. The molecular weight excluding hydrogens is 522 g/mol. The first kappa shape index (κ1) is 24.2. The van der Waals surface area contributed by atoms with Crippen molar-refractivity contribution in [1.29, 1.82) is 0 Å². The highest BCUT2D eigenvalue weighted by molar-refractivity contribution is 8.26. The van der Waals surface area contributed by atoms with Gasteiger partial charge in [0.15, 0.2) is 6.79 Å². The molecule has 196 valence electrons. The Balaban J connectivity index is 1.15. The molecule has 8 rings (SSSR count). The number of carbonyl (C=O) groups is 1. The van der Waals surface area contributed by atoms with Crippen LogP contribution in [0.25, 0.3) is 28.4 Å². The maximum Gasteiger partial charge on any atom is 0.339 e. The molecule has 1 saturated heterocycles. The highest BCUT2D eigenvalue weighted by Crippen LogP contribution is 2.56. The number of nitrogens with zero attached hydrogens (tertiary/aromatic N) is 1. The van der Waals surface area contributed by atoms with E-state index in [4.69, 9.17) is 30.5 Å². The number of fused-ring (bicyclic) bond motifs is 1. The van der Waals surface area contributed by atoms with Crippen molar-refractivity contribution in [3.63, 3.8) is 0 Å². The van der Waals surface area contributed by atoms with Crippen molar-refractivity contribution in [2.45, 2.75) is 38.1 Å². The molecule has 0 atom stereocenters. The summed E-state index contributed by atoms with van der Waals surface area (Å²) in [6.07, 6.45) is 8.13. The first-order valence-corrected chi connectivity index (χ1v) is 14.3. The van der Waals surface area contributed by atoms with Gasteiger partial charge in [-0.2, -0.15) is 0 Å². The van der Waals surface area contributed by atoms with Gasteiger partial charge in [-0.3, -0.25) is 9.69 Å². The summed E-state index contributed by atoms with van der Waals surface area (Å²) in [6.45, 7) is 0.00927. The summed E-state index contributed by atoms with van der Waals surface area (Å²) in [4.78, 5) is 28.0. The van der Waals surface area contributed by atoms with Crippen molar-refractivity contribution in [3.05, 3.63) is 57.5 Å². The molecule has 0 radical (unpaired) electrons. The highest BCUT2D eigenvalue weighted by Gasteiger charge is 2.53. The largest absolute Gasteiger partial charge is 0.467 e. The highest BCUT2D eigenvalue weighted by atomic mass is 32.2. The fourth-order valence-corrected chi connectivity index (χ4v) is 8.62. The van der Waals surface area contributed by atoms with Crippen LogP contribution in [0.15, 0.2) is 54.9 Å². The van der Waals surface area contributed by atoms with Gasteiger partial charge in [-0.25, -0.2) is 4.79 Å². The van der Waals surface area contributed by atoms with Crippen LogP contribution in [0.4, 0.5) is 0 Å². The molecule has 0 N–H and O–H groups in total. The molecule has 0 unspecified atom stereocenters. The Morgan fingerprint density at radius 2 is 1.79 bits per heavy atom. The lowest BCUT2D eigenvalue weighted by atomic mass is 9.54. The molecule has 3 heterocycles. The maximum atomic E-state index is 13.6. The van der Waals surface area contributed by atoms with Gasteiger partial charge in [0, 0.05) is 24.8 Å². The van der Waals surface area contributed by atoms with E-state index in [2.05, 4.69) is 0 Å². The molecule has 1 amide bonds. The third-order valence-electron chi connectivity index (χ3n) is 8.52. The summed E-state index contributed by atoms with van der Waals surface area (Å²) < 4.78 is 22.7. The van der Waals surface area contributed by atoms with Gasteiger partial charge < -0.3 is 18.3 Å². The van der Waals surface area contributed by atoms with Crippen molar-refractivity contribution in [1.82, 2.24) is 4.90 Å². The quantitative estimate of drug-likeness (QED) is 0.159. The number of thiocarbonyl (C=S) groups is 1. The van der Waals surface area contributed by atoms with Crippen LogP contribution in [0.2, 0.25) is 0 Å². The lowest BCUT2D eigenvalue weighted by molar-refractivity contribution is -0.130. The third-order valence-corrected chi connectivity index (χ3v) is 9.85.